The molecule has 0 spiro atoms. The van der Waals surface area contributed by atoms with Crippen LogP contribution < -0.4 is 14.9 Å². The van der Waals surface area contributed by atoms with Gasteiger partial charge in [0.2, 0.25) is 13.3 Å². The molecule has 1 aliphatic heterocycles. The molecule has 1 amide bonds. The Balaban J connectivity index is 1.59. The molecule has 3 aromatic rings. The van der Waals surface area contributed by atoms with Gasteiger partial charge in [0.25, 0.3) is 0 Å². The summed E-state index contributed by atoms with van der Waals surface area (Å²) >= 11 is 0. The molecule has 1 unspecified atom stereocenters. The molecule has 1 fully saturated rings. The van der Waals surface area contributed by atoms with Gasteiger partial charge < -0.3 is 14.5 Å². The number of hydrogen-bond donors (Lipinski definition) is 1. The standard InChI is InChI=1S/C24H24NO4P/c1-29-20-14-12-18(13-15-20)23-22(24(26)25(23)19-8-4-2-5-9-19)16-17-30(27,28)21-10-6-3-7-11-21/h2-15,22-23H,16-17H2,1H3,(H,27,28)/t22-,23-/m1/s1. The van der Waals surface area contributed by atoms with Crippen molar-refractivity contribution in [2.45, 2.75) is 12.5 Å². The number of nitrogens with zero attached hydrogens (tertiary/aromatic N) is 1. The third-order valence-electron chi connectivity index (χ3n) is 5.61. The van der Waals surface area contributed by atoms with Gasteiger partial charge in [0.15, 0.2) is 0 Å². The van der Waals surface area contributed by atoms with Gasteiger partial charge in [0.05, 0.1) is 19.1 Å². The molecule has 5 nitrogen and oxygen atoms in total. The fourth-order valence-corrected chi connectivity index (χ4v) is 5.52. The summed E-state index contributed by atoms with van der Waals surface area (Å²) in [4.78, 5) is 25.4. The first kappa shape index (κ1) is 20.4. The van der Waals surface area contributed by atoms with E-state index in [-0.39, 0.29) is 24.0 Å². The van der Waals surface area contributed by atoms with E-state index in [1.807, 2.05) is 60.7 Å². The van der Waals surface area contributed by atoms with Crippen LogP contribution >= 0.6 is 7.37 Å². The summed E-state index contributed by atoms with van der Waals surface area (Å²) in [5, 5.41) is 0.428. The maximum atomic E-state index is 13.1. The summed E-state index contributed by atoms with van der Waals surface area (Å²) in [6.07, 6.45) is 0.421. The van der Waals surface area contributed by atoms with Gasteiger partial charge in [0, 0.05) is 17.2 Å². The molecular weight excluding hydrogens is 397 g/mol. The van der Waals surface area contributed by atoms with Gasteiger partial charge in [-0.2, -0.15) is 0 Å². The van der Waals surface area contributed by atoms with E-state index in [0.29, 0.717) is 11.7 Å². The molecule has 0 bridgehead atoms. The van der Waals surface area contributed by atoms with Crippen molar-refractivity contribution in [1.82, 2.24) is 0 Å². The molecule has 4 rings (SSSR count). The molecule has 1 aliphatic rings. The van der Waals surface area contributed by atoms with Crippen LogP contribution in [0.3, 0.4) is 0 Å². The number of carbonyl (C=O) groups excluding carboxylic acids is 1. The molecule has 3 atom stereocenters. The van der Waals surface area contributed by atoms with Gasteiger partial charge in [-0.1, -0.05) is 48.5 Å². The second-order valence-corrected chi connectivity index (χ2v) is 9.78. The third-order valence-corrected chi connectivity index (χ3v) is 7.58. The first-order valence-corrected chi connectivity index (χ1v) is 11.8. The number of carbonyl (C=O) groups is 1. The van der Waals surface area contributed by atoms with Crippen molar-refractivity contribution < 1.29 is 19.0 Å². The normalized spacial score (nSPS) is 20.3. The van der Waals surface area contributed by atoms with Gasteiger partial charge in [-0.3, -0.25) is 9.36 Å². The maximum absolute atomic E-state index is 13.1. The van der Waals surface area contributed by atoms with Gasteiger partial charge in [0.1, 0.15) is 5.75 Å². The zero-order chi connectivity index (χ0) is 21.1. The number of β-lactam (4-membered cyclic amide) rings is 1. The Bertz CT molecular complexity index is 1050. The van der Waals surface area contributed by atoms with Crippen LogP contribution in [0.25, 0.3) is 0 Å². The average molecular weight is 421 g/mol. The molecule has 1 heterocycles. The number of anilines is 1. The number of ether oxygens (including phenoxy) is 1. The molecule has 154 valence electrons. The van der Waals surface area contributed by atoms with Crippen LogP contribution in [-0.2, 0) is 9.36 Å². The Morgan fingerprint density at radius 2 is 1.53 bits per heavy atom. The molecule has 3 aromatic carbocycles. The summed E-state index contributed by atoms with van der Waals surface area (Å²) in [6.45, 7) is 0. The molecule has 0 aromatic heterocycles. The molecule has 1 saturated heterocycles. The first-order chi connectivity index (χ1) is 14.5. The van der Waals surface area contributed by atoms with E-state index in [1.165, 1.54) is 0 Å². The van der Waals surface area contributed by atoms with Crippen molar-refractivity contribution in [1.29, 1.82) is 0 Å². The summed E-state index contributed by atoms with van der Waals surface area (Å²) in [7, 11) is -1.90. The van der Waals surface area contributed by atoms with Gasteiger partial charge >= 0.3 is 0 Å². The number of para-hydroxylation sites is 1. The van der Waals surface area contributed by atoms with Gasteiger partial charge in [-0.05, 0) is 48.4 Å². The van der Waals surface area contributed by atoms with E-state index >= 15 is 0 Å². The molecule has 6 heteroatoms. The minimum atomic E-state index is -3.52. The number of hydrogen-bond acceptors (Lipinski definition) is 3. The molecule has 1 N–H and O–H groups in total. The Morgan fingerprint density at radius 1 is 0.933 bits per heavy atom. The quantitative estimate of drug-likeness (QED) is 0.454. The lowest BCUT2D eigenvalue weighted by Gasteiger charge is -2.47. The minimum Gasteiger partial charge on any atom is -0.497 e. The lowest BCUT2D eigenvalue weighted by atomic mass is 9.80. The van der Waals surface area contributed by atoms with Crippen molar-refractivity contribution in [3.63, 3.8) is 0 Å². The zero-order valence-corrected chi connectivity index (χ0v) is 17.6. The van der Waals surface area contributed by atoms with Crippen molar-refractivity contribution in [2.75, 3.05) is 18.2 Å². The van der Waals surface area contributed by atoms with E-state index in [0.717, 1.165) is 17.0 Å². The molecule has 30 heavy (non-hydrogen) atoms. The highest BCUT2D eigenvalue weighted by molar-refractivity contribution is 7.66. The van der Waals surface area contributed by atoms with E-state index in [1.54, 1.807) is 36.3 Å². The van der Waals surface area contributed by atoms with E-state index < -0.39 is 7.37 Å². The van der Waals surface area contributed by atoms with E-state index in [4.69, 9.17) is 4.74 Å². The van der Waals surface area contributed by atoms with Crippen LogP contribution in [0.4, 0.5) is 5.69 Å². The van der Waals surface area contributed by atoms with Crippen molar-refractivity contribution in [3.05, 3.63) is 90.5 Å². The first-order valence-electron chi connectivity index (χ1n) is 9.91. The monoisotopic (exact) mass is 421 g/mol. The third kappa shape index (κ3) is 3.91. The predicted molar refractivity (Wildman–Crippen MR) is 119 cm³/mol. The molecule has 0 aliphatic carbocycles. The lowest BCUT2D eigenvalue weighted by Crippen LogP contribution is -2.55. The van der Waals surface area contributed by atoms with Crippen LogP contribution in [0, 0.1) is 5.92 Å². The average Bonchev–Trinajstić information content (AvgIpc) is 2.79. The van der Waals surface area contributed by atoms with Crippen LogP contribution in [0.2, 0.25) is 0 Å². The Labute approximate surface area is 176 Å². The van der Waals surface area contributed by atoms with Gasteiger partial charge in [-0.25, -0.2) is 0 Å². The highest BCUT2D eigenvalue weighted by Crippen LogP contribution is 2.49. The number of rotatable bonds is 7. The van der Waals surface area contributed by atoms with Crippen LogP contribution in [-0.4, -0.2) is 24.1 Å². The lowest BCUT2D eigenvalue weighted by molar-refractivity contribution is -0.130. The highest BCUT2D eigenvalue weighted by Gasteiger charge is 2.49. The molecule has 0 radical (unpaired) electrons. The topological polar surface area (TPSA) is 66.8 Å². The minimum absolute atomic E-state index is 0.0184. The van der Waals surface area contributed by atoms with Crippen molar-refractivity contribution in [3.8, 4) is 5.75 Å². The van der Waals surface area contributed by atoms with E-state index in [9.17, 15) is 14.3 Å². The Kier molecular flexibility index (Phi) is 5.76. The summed E-state index contributed by atoms with van der Waals surface area (Å²) in [6, 6.07) is 25.7. The smallest absolute Gasteiger partial charge is 0.233 e. The SMILES string of the molecule is COc1ccc([C@@H]2[C@@H](CCP(=O)(O)c3ccccc3)C(=O)N2c2ccccc2)cc1. The number of amides is 1. The second kappa shape index (κ2) is 8.47. The second-order valence-electron chi connectivity index (χ2n) is 7.42. The Hall–Kier alpha value is -2.88. The summed E-state index contributed by atoms with van der Waals surface area (Å²) in [5.41, 5.74) is 1.81. The van der Waals surface area contributed by atoms with Crippen molar-refractivity contribution in [2.24, 2.45) is 5.92 Å². The summed E-state index contributed by atoms with van der Waals surface area (Å²) < 4.78 is 18.1. The van der Waals surface area contributed by atoms with Crippen LogP contribution in [0.5, 0.6) is 5.75 Å². The highest BCUT2D eigenvalue weighted by atomic mass is 31.2. The zero-order valence-electron chi connectivity index (χ0n) is 16.7. The molecule has 0 saturated carbocycles. The fraction of sp³-hybridized carbons (Fsp3) is 0.208. The predicted octanol–water partition coefficient (Wildman–Crippen LogP) is 4.39. The van der Waals surface area contributed by atoms with E-state index in [2.05, 4.69) is 0 Å². The molecular formula is C24H24NO4P. The van der Waals surface area contributed by atoms with Crippen molar-refractivity contribution >= 4 is 24.3 Å². The van der Waals surface area contributed by atoms with Crippen LogP contribution in [0.1, 0.15) is 18.0 Å². The summed E-state index contributed by atoms with van der Waals surface area (Å²) in [5.74, 6) is 0.383. The fourth-order valence-electron chi connectivity index (χ4n) is 3.99. The number of methoxy groups -OCH3 is 1. The van der Waals surface area contributed by atoms with Gasteiger partial charge in [-0.15, -0.1) is 0 Å². The number of benzene rings is 3. The van der Waals surface area contributed by atoms with Crippen LogP contribution in [0.15, 0.2) is 84.9 Å². The largest absolute Gasteiger partial charge is 0.497 e. The maximum Gasteiger partial charge on any atom is 0.233 e. The Morgan fingerprint density at radius 3 is 2.13 bits per heavy atom.